The number of carbonyl (C=O) groups excluding carboxylic acids is 1. The maximum atomic E-state index is 13.3. The van der Waals surface area contributed by atoms with E-state index in [2.05, 4.69) is 11.0 Å². The van der Waals surface area contributed by atoms with Crippen molar-refractivity contribution in [1.82, 2.24) is 9.80 Å². The first-order valence-electron chi connectivity index (χ1n) is 8.56. The molecule has 0 N–H and O–H groups in total. The minimum Gasteiger partial charge on any atom is -0.496 e. The third-order valence-corrected chi connectivity index (χ3v) is 4.62. The first kappa shape index (κ1) is 17.4. The molecule has 4 nitrogen and oxygen atoms in total. The number of methoxy groups -OCH3 is 1. The second-order valence-electron chi connectivity index (χ2n) is 6.21. The lowest BCUT2D eigenvalue weighted by atomic mass is 10.1. The van der Waals surface area contributed by atoms with E-state index in [0.29, 0.717) is 18.7 Å². The minimum absolute atomic E-state index is 0.0936. The summed E-state index contributed by atoms with van der Waals surface area (Å²) in [4.78, 5) is 16.6. The van der Waals surface area contributed by atoms with Gasteiger partial charge in [0.25, 0.3) is 5.91 Å². The number of ether oxygens (including phenoxy) is 1. The summed E-state index contributed by atoms with van der Waals surface area (Å²) in [6, 6.07) is 14.0. The van der Waals surface area contributed by atoms with Crippen LogP contribution in [0.25, 0.3) is 0 Å². The Labute approximate surface area is 147 Å². The third-order valence-electron chi connectivity index (χ3n) is 4.62. The molecule has 25 heavy (non-hydrogen) atoms. The van der Waals surface area contributed by atoms with E-state index in [-0.39, 0.29) is 11.7 Å². The smallest absolute Gasteiger partial charge is 0.254 e. The standard InChI is InChI=1S/C20H23FN2O2/c1-25-19-8-3-2-5-16(19)9-10-22-11-13-23(14-12-22)20(24)17-6-4-7-18(21)15-17/h2-8,15H,9-14H2,1H3. The Morgan fingerprint density at radius 2 is 1.84 bits per heavy atom. The van der Waals surface area contributed by atoms with Crippen LogP contribution in [0.3, 0.4) is 0 Å². The molecule has 1 heterocycles. The first-order valence-corrected chi connectivity index (χ1v) is 8.56. The zero-order chi connectivity index (χ0) is 17.6. The van der Waals surface area contributed by atoms with Gasteiger partial charge in [0, 0.05) is 38.3 Å². The van der Waals surface area contributed by atoms with Crippen LogP contribution in [0.2, 0.25) is 0 Å². The first-order chi connectivity index (χ1) is 12.2. The van der Waals surface area contributed by atoms with Gasteiger partial charge in [0.15, 0.2) is 0 Å². The van der Waals surface area contributed by atoms with Gasteiger partial charge >= 0.3 is 0 Å². The lowest BCUT2D eigenvalue weighted by molar-refractivity contribution is 0.0638. The van der Waals surface area contributed by atoms with E-state index in [0.717, 1.165) is 31.8 Å². The molecule has 132 valence electrons. The molecule has 3 rings (SSSR count). The fourth-order valence-electron chi connectivity index (χ4n) is 3.17. The van der Waals surface area contributed by atoms with Crippen LogP contribution in [0.15, 0.2) is 48.5 Å². The van der Waals surface area contributed by atoms with Crippen molar-refractivity contribution >= 4 is 5.91 Å². The fourth-order valence-corrected chi connectivity index (χ4v) is 3.17. The van der Waals surface area contributed by atoms with Crippen molar-refractivity contribution in [2.45, 2.75) is 6.42 Å². The van der Waals surface area contributed by atoms with E-state index in [1.807, 2.05) is 18.2 Å². The molecule has 5 heteroatoms. The quantitative estimate of drug-likeness (QED) is 0.838. The van der Waals surface area contributed by atoms with Gasteiger partial charge in [-0.15, -0.1) is 0 Å². The number of benzene rings is 2. The second-order valence-corrected chi connectivity index (χ2v) is 6.21. The van der Waals surface area contributed by atoms with Crippen LogP contribution in [0.4, 0.5) is 4.39 Å². The molecule has 1 amide bonds. The molecule has 0 radical (unpaired) electrons. The van der Waals surface area contributed by atoms with Gasteiger partial charge in [-0.3, -0.25) is 9.69 Å². The van der Waals surface area contributed by atoms with Gasteiger partial charge in [0.2, 0.25) is 0 Å². The van der Waals surface area contributed by atoms with Gasteiger partial charge in [-0.2, -0.15) is 0 Å². The van der Waals surface area contributed by atoms with E-state index >= 15 is 0 Å². The normalized spacial score (nSPS) is 15.2. The van der Waals surface area contributed by atoms with Crippen LogP contribution in [0.1, 0.15) is 15.9 Å². The van der Waals surface area contributed by atoms with E-state index in [1.165, 1.54) is 17.7 Å². The number of halogens is 1. The fraction of sp³-hybridized carbons (Fsp3) is 0.350. The average Bonchev–Trinajstić information content (AvgIpc) is 2.66. The largest absolute Gasteiger partial charge is 0.496 e. The highest BCUT2D eigenvalue weighted by Gasteiger charge is 2.22. The van der Waals surface area contributed by atoms with Gasteiger partial charge in [-0.25, -0.2) is 4.39 Å². The predicted molar refractivity (Wildman–Crippen MR) is 95.4 cm³/mol. The summed E-state index contributed by atoms with van der Waals surface area (Å²) in [5, 5.41) is 0. The monoisotopic (exact) mass is 342 g/mol. The molecule has 1 aliphatic heterocycles. The van der Waals surface area contributed by atoms with E-state index in [1.54, 1.807) is 24.1 Å². The van der Waals surface area contributed by atoms with Crippen LogP contribution in [0.5, 0.6) is 5.75 Å². The summed E-state index contributed by atoms with van der Waals surface area (Å²) in [5.74, 6) is 0.451. The lowest BCUT2D eigenvalue weighted by Gasteiger charge is -2.34. The SMILES string of the molecule is COc1ccccc1CCN1CCN(C(=O)c2cccc(F)c2)CC1. The van der Waals surface area contributed by atoms with E-state index in [4.69, 9.17) is 4.74 Å². The van der Waals surface area contributed by atoms with Crippen LogP contribution in [-0.2, 0) is 6.42 Å². The molecule has 0 atom stereocenters. The number of rotatable bonds is 5. The Morgan fingerprint density at radius 1 is 1.08 bits per heavy atom. The average molecular weight is 342 g/mol. The topological polar surface area (TPSA) is 32.8 Å². The summed E-state index contributed by atoms with van der Waals surface area (Å²) in [6.45, 7) is 3.93. The van der Waals surface area contributed by atoms with Crippen molar-refractivity contribution in [2.24, 2.45) is 0 Å². The van der Waals surface area contributed by atoms with Gasteiger partial charge in [-0.1, -0.05) is 24.3 Å². The molecular formula is C20H23FN2O2. The highest BCUT2D eigenvalue weighted by atomic mass is 19.1. The Hall–Kier alpha value is -2.40. The molecule has 0 aromatic heterocycles. The van der Waals surface area contributed by atoms with E-state index in [9.17, 15) is 9.18 Å². The van der Waals surface area contributed by atoms with Crippen molar-refractivity contribution in [3.63, 3.8) is 0 Å². The number of amides is 1. The summed E-state index contributed by atoms with van der Waals surface area (Å²) < 4.78 is 18.7. The Bertz CT molecular complexity index is 727. The maximum absolute atomic E-state index is 13.3. The number of hydrogen-bond acceptors (Lipinski definition) is 3. The number of nitrogens with zero attached hydrogens (tertiary/aromatic N) is 2. The second kappa shape index (κ2) is 8.12. The van der Waals surface area contributed by atoms with Crippen molar-refractivity contribution in [1.29, 1.82) is 0 Å². The molecule has 2 aromatic rings. The molecule has 1 aliphatic rings. The molecule has 0 saturated carbocycles. The van der Waals surface area contributed by atoms with Gasteiger partial charge < -0.3 is 9.64 Å². The zero-order valence-electron chi connectivity index (χ0n) is 14.5. The molecule has 0 bridgehead atoms. The van der Waals surface area contributed by atoms with E-state index < -0.39 is 0 Å². The van der Waals surface area contributed by atoms with Gasteiger partial charge in [0.1, 0.15) is 11.6 Å². The number of carbonyl (C=O) groups is 1. The third kappa shape index (κ3) is 4.37. The number of piperazine rings is 1. The summed E-state index contributed by atoms with van der Waals surface area (Å²) in [7, 11) is 1.69. The van der Waals surface area contributed by atoms with Crippen LogP contribution in [-0.4, -0.2) is 55.5 Å². The van der Waals surface area contributed by atoms with Crippen LogP contribution in [0, 0.1) is 5.82 Å². The van der Waals surface area contributed by atoms with Crippen molar-refractivity contribution in [2.75, 3.05) is 39.8 Å². The van der Waals surface area contributed by atoms with Crippen LogP contribution >= 0.6 is 0 Å². The zero-order valence-corrected chi connectivity index (χ0v) is 14.5. The highest BCUT2D eigenvalue weighted by molar-refractivity contribution is 5.94. The summed E-state index contributed by atoms with van der Waals surface area (Å²) in [5.41, 5.74) is 1.62. The highest BCUT2D eigenvalue weighted by Crippen LogP contribution is 2.18. The van der Waals surface area contributed by atoms with Crippen molar-refractivity contribution in [3.8, 4) is 5.75 Å². The number of para-hydroxylation sites is 1. The molecule has 0 aliphatic carbocycles. The van der Waals surface area contributed by atoms with Crippen molar-refractivity contribution in [3.05, 3.63) is 65.5 Å². The Kier molecular flexibility index (Phi) is 5.66. The Balaban J connectivity index is 1.51. The molecule has 0 unspecified atom stereocenters. The van der Waals surface area contributed by atoms with Gasteiger partial charge in [0.05, 0.1) is 7.11 Å². The molecule has 1 fully saturated rings. The molecule has 0 spiro atoms. The van der Waals surface area contributed by atoms with Crippen LogP contribution < -0.4 is 4.74 Å². The van der Waals surface area contributed by atoms with Crippen molar-refractivity contribution < 1.29 is 13.9 Å². The number of hydrogen-bond donors (Lipinski definition) is 0. The Morgan fingerprint density at radius 3 is 2.56 bits per heavy atom. The molecular weight excluding hydrogens is 319 g/mol. The minimum atomic E-state index is -0.374. The maximum Gasteiger partial charge on any atom is 0.254 e. The summed E-state index contributed by atoms with van der Waals surface area (Å²) in [6.07, 6.45) is 0.919. The predicted octanol–water partition coefficient (Wildman–Crippen LogP) is 2.83. The van der Waals surface area contributed by atoms with Gasteiger partial charge in [-0.05, 0) is 36.2 Å². The summed E-state index contributed by atoms with van der Waals surface area (Å²) >= 11 is 0. The molecule has 1 saturated heterocycles. The molecule has 2 aromatic carbocycles. The lowest BCUT2D eigenvalue weighted by Crippen LogP contribution is -2.49.